The van der Waals surface area contributed by atoms with Crippen LogP contribution >= 0.6 is 0 Å². The molecule has 1 saturated carbocycles. The summed E-state index contributed by atoms with van der Waals surface area (Å²) in [6.07, 6.45) is -2.87. The van der Waals surface area contributed by atoms with Crippen molar-refractivity contribution in [2.45, 2.75) is 51.1 Å². The molecule has 0 aliphatic heterocycles. The molecule has 2 bridgehead atoms. The van der Waals surface area contributed by atoms with Gasteiger partial charge in [0.25, 0.3) is 0 Å². The summed E-state index contributed by atoms with van der Waals surface area (Å²) in [5.74, 6) is -0.239. The zero-order valence-electron chi connectivity index (χ0n) is 11.1. The summed E-state index contributed by atoms with van der Waals surface area (Å²) in [6.45, 7) is 5.93. The molecule has 19 heavy (non-hydrogen) atoms. The molecule has 0 aromatic carbocycles. The molecule has 2 atom stereocenters. The standard InChI is InChI=1S/C13H16F3N3/c1-11(2)6-4-5-12(11,3)7-8(6)18-10(17)19-9(7)13(14,15)16/h6H,4-5H2,1-3H3,(H2,17,18,19)/t6-,12-/m0/s1. The van der Waals surface area contributed by atoms with Gasteiger partial charge in [-0.3, -0.25) is 0 Å². The van der Waals surface area contributed by atoms with E-state index in [1.165, 1.54) is 0 Å². The molecule has 0 saturated heterocycles. The molecule has 2 aliphatic carbocycles. The second-order valence-electron chi connectivity index (χ2n) is 6.33. The van der Waals surface area contributed by atoms with Gasteiger partial charge < -0.3 is 5.73 Å². The second-order valence-corrected chi connectivity index (χ2v) is 6.33. The lowest BCUT2D eigenvalue weighted by Gasteiger charge is -2.35. The Morgan fingerprint density at radius 3 is 2.42 bits per heavy atom. The third-order valence-electron chi connectivity index (χ3n) is 5.33. The van der Waals surface area contributed by atoms with Crippen molar-refractivity contribution in [2.24, 2.45) is 5.41 Å². The van der Waals surface area contributed by atoms with Crippen LogP contribution in [0.25, 0.3) is 0 Å². The third-order valence-corrected chi connectivity index (χ3v) is 5.33. The summed E-state index contributed by atoms with van der Waals surface area (Å²) in [7, 11) is 0. The Labute approximate surface area is 109 Å². The van der Waals surface area contributed by atoms with Crippen molar-refractivity contribution < 1.29 is 13.2 Å². The Morgan fingerprint density at radius 2 is 1.84 bits per heavy atom. The van der Waals surface area contributed by atoms with Crippen molar-refractivity contribution in [3.63, 3.8) is 0 Å². The fourth-order valence-electron chi connectivity index (χ4n) is 3.92. The minimum absolute atomic E-state index is 0.0406. The summed E-state index contributed by atoms with van der Waals surface area (Å²) in [5, 5.41) is 0. The van der Waals surface area contributed by atoms with Crippen molar-refractivity contribution in [2.75, 3.05) is 5.73 Å². The number of halogens is 3. The van der Waals surface area contributed by atoms with Gasteiger partial charge in [-0.2, -0.15) is 13.2 Å². The van der Waals surface area contributed by atoms with Crippen LogP contribution in [0.2, 0.25) is 0 Å². The fraction of sp³-hybridized carbons (Fsp3) is 0.692. The van der Waals surface area contributed by atoms with Crippen LogP contribution in [0.5, 0.6) is 0 Å². The van der Waals surface area contributed by atoms with Crippen molar-refractivity contribution in [1.82, 2.24) is 9.97 Å². The summed E-state index contributed by atoms with van der Waals surface area (Å²) in [5.41, 5.74) is 4.66. The Hall–Kier alpha value is -1.33. The molecule has 1 heterocycles. The van der Waals surface area contributed by atoms with E-state index in [1.54, 1.807) is 0 Å². The molecule has 2 N–H and O–H groups in total. The Morgan fingerprint density at radius 1 is 1.21 bits per heavy atom. The molecular weight excluding hydrogens is 255 g/mol. The largest absolute Gasteiger partial charge is 0.433 e. The normalized spacial score (nSPS) is 31.6. The number of nitrogens with two attached hydrogens (primary N) is 1. The molecule has 1 aromatic heterocycles. The molecule has 0 spiro atoms. The van der Waals surface area contributed by atoms with Crippen molar-refractivity contribution in [3.8, 4) is 0 Å². The van der Waals surface area contributed by atoms with Gasteiger partial charge in [0, 0.05) is 16.9 Å². The third kappa shape index (κ3) is 1.34. The molecule has 6 heteroatoms. The molecule has 1 aromatic rings. The summed E-state index contributed by atoms with van der Waals surface area (Å²) >= 11 is 0. The van der Waals surface area contributed by atoms with Crippen LogP contribution in [0.15, 0.2) is 0 Å². The fourth-order valence-corrected chi connectivity index (χ4v) is 3.92. The highest BCUT2D eigenvalue weighted by Gasteiger charge is 2.63. The Kier molecular flexibility index (Phi) is 2.15. The zero-order valence-corrected chi connectivity index (χ0v) is 11.1. The van der Waals surface area contributed by atoms with E-state index in [0.717, 1.165) is 12.8 Å². The van der Waals surface area contributed by atoms with Gasteiger partial charge in [0.15, 0.2) is 5.69 Å². The first-order valence-corrected chi connectivity index (χ1v) is 6.34. The maximum absolute atomic E-state index is 13.2. The van der Waals surface area contributed by atoms with Gasteiger partial charge in [-0.15, -0.1) is 0 Å². The predicted octanol–water partition coefficient (Wildman–Crippen LogP) is 3.25. The van der Waals surface area contributed by atoms with E-state index in [-0.39, 0.29) is 22.8 Å². The van der Waals surface area contributed by atoms with Gasteiger partial charge in [0.05, 0.1) is 5.69 Å². The number of alkyl halides is 3. The minimum Gasteiger partial charge on any atom is -0.368 e. The number of hydrogen-bond donors (Lipinski definition) is 1. The van der Waals surface area contributed by atoms with Gasteiger partial charge in [-0.1, -0.05) is 20.8 Å². The van der Waals surface area contributed by atoms with E-state index in [1.807, 2.05) is 20.8 Å². The lowest BCUT2D eigenvalue weighted by Crippen LogP contribution is -2.33. The predicted molar refractivity (Wildman–Crippen MR) is 64.6 cm³/mol. The van der Waals surface area contributed by atoms with Crippen LogP contribution in [0, 0.1) is 5.41 Å². The molecule has 2 aliphatic rings. The highest BCUT2D eigenvalue weighted by Crippen LogP contribution is 2.68. The van der Waals surface area contributed by atoms with Crippen LogP contribution < -0.4 is 5.73 Å². The van der Waals surface area contributed by atoms with Crippen LogP contribution in [0.3, 0.4) is 0 Å². The van der Waals surface area contributed by atoms with Crippen molar-refractivity contribution >= 4 is 5.95 Å². The quantitative estimate of drug-likeness (QED) is 0.788. The van der Waals surface area contributed by atoms with E-state index in [9.17, 15) is 13.2 Å². The summed E-state index contributed by atoms with van der Waals surface area (Å²) in [4.78, 5) is 7.61. The minimum atomic E-state index is -4.48. The van der Waals surface area contributed by atoms with E-state index in [0.29, 0.717) is 5.69 Å². The topological polar surface area (TPSA) is 51.8 Å². The highest BCUT2D eigenvalue weighted by atomic mass is 19.4. The lowest BCUT2D eigenvalue weighted by molar-refractivity contribution is -0.142. The number of hydrogen-bond acceptors (Lipinski definition) is 3. The molecule has 0 amide bonds. The van der Waals surface area contributed by atoms with Crippen LogP contribution in [-0.2, 0) is 11.6 Å². The number of nitrogens with zero attached hydrogens (tertiary/aromatic N) is 2. The highest BCUT2D eigenvalue weighted by molar-refractivity contribution is 5.50. The van der Waals surface area contributed by atoms with Gasteiger partial charge in [0.2, 0.25) is 5.95 Å². The first-order chi connectivity index (χ1) is 8.59. The van der Waals surface area contributed by atoms with E-state index >= 15 is 0 Å². The first kappa shape index (κ1) is 12.7. The van der Waals surface area contributed by atoms with Crippen LogP contribution in [-0.4, -0.2) is 9.97 Å². The number of anilines is 1. The lowest BCUT2D eigenvalue weighted by atomic mass is 9.68. The zero-order chi connectivity index (χ0) is 14.2. The molecular formula is C13H16F3N3. The van der Waals surface area contributed by atoms with Gasteiger partial charge >= 0.3 is 6.18 Å². The smallest absolute Gasteiger partial charge is 0.368 e. The molecule has 104 valence electrons. The second kappa shape index (κ2) is 3.22. The van der Waals surface area contributed by atoms with Gasteiger partial charge in [-0.05, 0) is 18.3 Å². The maximum Gasteiger partial charge on any atom is 0.433 e. The number of nitrogen functional groups attached to an aromatic ring is 1. The molecule has 3 rings (SSSR count). The molecule has 0 unspecified atom stereocenters. The van der Waals surface area contributed by atoms with E-state index < -0.39 is 17.3 Å². The Bertz CT molecular complexity index is 565. The maximum atomic E-state index is 13.2. The average molecular weight is 271 g/mol. The summed E-state index contributed by atoms with van der Waals surface area (Å²) in [6, 6.07) is 0. The Balaban J connectivity index is 2.35. The van der Waals surface area contributed by atoms with Crippen LogP contribution in [0.1, 0.15) is 56.5 Å². The first-order valence-electron chi connectivity index (χ1n) is 6.34. The summed E-state index contributed by atoms with van der Waals surface area (Å²) < 4.78 is 39.7. The number of rotatable bonds is 0. The van der Waals surface area contributed by atoms with E-state index in [4.69, 9.17) is 5.73 Å². The monoisotopic (exact) mass is 271 g/mol. The van der Waals surface area contributed by atoms with Gasteiger partial charge in [-0.25, -0.2) is 9.97 Å². The molecule has 0 radical (unpaired) electrons. The van der Waals surface area contributed by atoms with Crippen molar-refractivity contribution in [3.05, 3.63) is 17.0 Å². The van der Waals surface area contributed by atoms with E-state index in [2.05, 4.69) is 9.97 Å². The molecule has 1 fully saturated rings. The average Bonchev–Trinajstić information content (AvgIpc) is 2.56. The van der Waals surface area contributed by atoms with Crippen molar-refractivity contribution in [1.29, 1.82) is 0 Å². The number of aromatic nitrogens is 2. The van der Waals surface area contributed by atoms with Crippen LogP contribution in [0.4, 0.5) is 19.1 Å². The number of fused-ring (bicyclic) bond motifs is 5. The van der Waals surface area contributed by atoms with Gasteiger partial charge in [0.1, 0.15) is 0 Å². The SMILES string of the molecule is CC1(C)[C@H]2CC[C@@]1(C)c1c2nc(N)nc1C(F)(F)F. The molecule has 3 nitrogen and oxygen atoms in total.